The molecule has 5 rings (SSSR count). The number of phenols is 1. The van der Waals surface area contributed by atoms with Crippen molar-refractivity contribution in [1.29, 1.82) is 5.26 Å². The van der Waals surface area contributed by atoms with E-state index in [1.807, 2.05) is 36.4 Å². The van der Waals surface area contributed by atoms with Gasteiger partial charge in [0, 0.05) is 17.0 Å². The summed E-state index contributed by atoms with van der Waals surface area (Å²) >= 11 is 0. The molecule has 0 spiro atoms. The Morgan fingerprint density at radius 2 is 1.63 bits per heavy atom. The minimum Gasteiger partial charge on any atom is -0.507 e. The van der Waals surface area contributed by atoms with Gasteiger partial charge in [0.05, 0.1) is 18.4 Å². The summed E-state index contributed by atoms with van der Waals surface area (Å²) in [5.41, 5.74) is 1.57. The number of H-pyrrole nitrogens is 1. The highest BCUT2D eigenvalue weighted by molar-refractivity contribution is 6.02. The highest BCUT2D eigenvalue weighted by Crippen LogP contribution is 2.39. The number of aromatic amines is 1. The normalized spacial score (nSPS) is 10.7. The Kier molecular flexibility index (Phi) is 5.40. The molecule has 0 atom stereocenters. The molecule has 2 N–H and O–H groups in total. The zero-order valence-electron chi connectivity index (χ0n) is 18.5. The summed E-state index contributed by atoms with van der Waals surface area (Å²) in [6.45, 7) is 0. The van der Waals surface area contributed by atoms with Crippen LogP contribution in [-0.4, -0.2) is 17.2 Å². The number of phenolic OH excluding ortho intramolecular Hbond substituents is 1. The van der Waals surface area contributed by atoms with Crippen molar-refractivity contribution in [2.45, 2.75) is 0 Å². The first-order chi connectivity index (χ1) is 17.0. The van der Waals surface area contributed by atoms with E-state index < -0.39 is 11.2 Å². The number of ether oxygens (including phenoxy) is 1. The molecular weight excluding hydrogens is 444 g/mol. The van der Waals surface area contributed by atoms with Crippen LogP contribution in [0.2, 0.25) is 0 Å². The Morgan fingerprint density at radius 1 is 0.914 bits per heavy atom. The van der Waals surface area contributed by atoms with Gasteiger partial charge in [0.2, 0.25) is 0 Å². The number of benzene rings is 3. The number of hydrogen-bond acceptors (Lipinski definition) is 6. The molecule has 170 valence electrons. The maximum Gasteiger partial charge on any atom is 0.336 e. The molecule has 0 aliphatic heterocycles. The summed E-state index contributed by atoms with van der Waals surface area (Å²) in [7, 11) is 1.54. The van der Waals surface area contributed by atoms with Crippen molar-refractivity contribution < 1.29 is 14.3 Å². The van der Waals surface area contributed by atoms with Crippen LogP contribution in [0.15, 0.2) is 92.9 Å². The Bertz CT molecular complexity index is 1730. The van der Waals surface area contributed by atoms with Gasteiger partial charge in [0.15, 0.2) is 5.58 Å². The largest absolute Gasteiger partial charge is 0.507 e. The molecule has 2 heterocycles. The number of rotatable bonds is 4. The molecule has 35 heavy (non-hydrogen) atoms. The fourth-order valence-electron chi connectivity index (χ4n) is 4.14. The van der Waals surface area contributed by atoms with Gasteiger partial charge in [0.1, 0.15) is 23.1 Å². The smallest absolute Gasteiger partial charge is 0.336 e. The summed E-state index contributed by atoms with van der Waals surface area (Å²) in [5, 5.41) is 21.0. The molecule has 0 unspecified atom stereocenters. The van der Waals surface area contributed by atoms with Crippen molar-refractivity contribution in [3.05, 3.63) is 105 Å². The van der Waals surface area contributed by atoms with Crippen molar-refractivity contribution in [3.63, 3.8) is 0 Å². The van der Waals surface area contributed by atoms with Crippen LogP contribution < -0.4 is 15.9 Å². The van der Waals surface area contributed by atoms with E-state index in [0.717, 1.165) is 5.56 Å². The van der Waals surface area contributed by atoms with Crippen molar-refractivity contribution >= 4 is 11.0 Å². The number of aromatic hydroxyl groups is 1. The Morgan fingerprint density at radius 3 is 2.31 bits per heavy atom. The van der Waals surface area contributed by atoms with Gasteiger partial charge in [-0.1, -0.05) is 42.5 Å². The lowest BCUT2D eigenvalue weighted by Gasteiger charge is -2.13. The monoisotopic (exact) mass is 462 g/mol. The predicted octanol–water partition coefficient (Wildman–Crippen LogP) is 5.07. The minimum atomic E-state index is -0.631. The molecule has 0 amide bonds. The van der Waals surface area contributed by atoms with Crippen molar-refractivity contribution in [2.24, 2.45) is 0 Å². The van der Waals surface area contributed by atoms with Crippen LogP contribution in [0.3, 0.4) is 0 Å². The number of nitrogens with zero attached hydrogens (tertiary/aromatic N) is 1. The summed E-state index contributed by atoms with van der Waals surface area (Å²) in [6, 6.07) is 24.3. The van der Waals surface area contributed by atoms with Gasteiger partial charge in [-0.05, 0) is 47.0 Å². The number of methoxy groups -OCH3 is 1. The van der Waals surface area contributed by atoms with Crippen LogP contribution in [0.4, 0.5) is 0 Å². The summed E-state index contributed by atoms with van der Waals surface area (Å²) in [6.07, 6.45) is 0. The van der Waals surface area contributed by atoms with Gasteiger partial charge < -0.3 is 19.2 Å². The van der Waals surface area contributed by atoms with E-state index in [4.69, 9.17) is 9.15 Å². The number of fused-ring (bicyclic) bond motifs is 1. The number of hydrogen-bond donors (Lipinski definition) is 2. The van der Waals surface area contributed by atoms with Crippen LogP contribution in [-0.2, 0) is 0 Å². The van der Waals surface area contributed by atoms with Gasteiger partial charge in [-0.25, -0.2) is 4.79 Å². The molecule has 2 aromatic heterocycles. The Labute approximate surface area is 199 Å². The molecular formula is C28H18N2O5. The molecule has 0 aliphatic rings. The van der Waals surface area contributed by atoms with E-state index in [-0.39, 0.29) is 28.2 Å². The molecule has 0 radical (unpaired) electrons. The van der Waals surface area contributed by atoms with E-state index in [0.29, 0.717) is 27.8 Å². The second-order valence-electron chi connectivity index (χ2n) is 7.82. The molecule has 7 heteroatoms. The van der Waals surface area contributed by atoms with E-state index in [1.165, 1.54) is 12.1 Å². The first-order valence-electron chi connectivity index (χ1n) is 10.7. The maximum absolute atomic E-state index is 12.9. The van der Waals surface area contributed by atoms with Crippen LogP contribution in [0.25, 0.3) is 44.5 Å². The first kappa shape index (κ1) is 21.7. The lowest BCUT2D eigenvalue weighted by molar-refractivity contribution is 0.415. The highest BCUT2D eigenvalue weighted by Gasteiger charge is 2.20. The standard InChI is InChI=1S/C28H18N2O5/c1-34-18-9-7-17(8-10-18)20-13-23(30-28(33)22(20)15-29)26-24(31)12-11-19-21(14-25(32)35-27(19)26)16-5-3-2-4-6-16/h2-14,31H,1H3,(H,30,33). The first-order valence-corrected chi connectivity index (χ1v) is 10.7. The molecule has 0 bridgehead atoms. The molecule has 3 aromatic carbocycles. The fraction of sp³-hybridized carbons (Fsp3) is 0.0357. The van der Waals surface area contributed by atoms with E-state index >= 15 is 0 Å². The van der Waals surface area contributed by atoms with Crippen molar-refractivity contribution in [2.75, 3.05) is 7.11 Å². The third-order valence-corrected chi connectivity index (χ3v) is 5.79. The fourth-order valence-corrected chi connectivity index (χ4v) is 4.14. The van der Waals surface area contributed by atoms with Gasteiger partial charge in [-0.3, -0.25) is 4.79 Å². The van der Waals surface area contributed by atoms with Gasteiger partial charge in [-0.15, -0.1) is 0 Å². The Balaban J connectivity index is 1.81. The van der Waals surface area contributed by atoms with Crippen LogP contribution >= 0.6 is 0 Å². The van der Waals surface area contributed by atoms with E-state index in [2.05, 4.69) is 4.98 Å². The van der Waals surface area contributed by atoms with Crippen molar-refractivity contribution in [1.82, 2.24) is 4.98 Å². The summed E-state index contributed by atoms with van der Waals surface area (Å²) in [4.78, 5) is 28.1. The van der Waals surface area contributed by atoms with E-state index in [1.54, 1.807) is 43.5 Å². The maximum atomic E-state index is 12.9. The molecule has 7 nitrogen and oxygen atoms in total. The molecule has 0 aliphatic carbocycles. The molecule has 0 saturated heterocycles. The molecule has 0 saturated carbocycles. The average molecular weight is 462 g/mol. The van der Waals surface area contributed by atoms with Crippen molar-refractivity contribution in [3.8, 4) is 51.1 Å². The lowest BCUT2D eigenvalue weighted by atomic mass is 9.96. The van der Waals surface area contributed by atoms with E-state index in [9.17, 15) is 20.0 Å². The SMILES string of the molecule is COc1ccc(-c2cc(-c3c(O)ccc4c(-c5ccccc5)cc(=O)oc34)[nH]c(=O)c2C#N)cc1. The predicted molar refractivity (Wildman–Crippen MR) is 132 cm³/mol. The van der Waals surface area contributed by atoms with Crippen LogP contribution in [0.1, 0.15) is 5.56 Å². The number of pyridine rings is 1. The zero-order valence-corrected chi connectivity index (χ0v) is 18.5. The lowest BCUT2D eigenvalue weighted by Crippen LogP contribution is -2.13. The van der Waals surface area contributed by atoms with Gasteiger partial charge in [0.25, 0.3) is 5.56 Å². The second-order valence-corrected chi connectivity index (χ2v) is 7.82. The number of aromatic nitrogens is 1. The average Bonchev–Trinajstić information content (AvgIpc) is 2.88. The highest BCUT2D eigenvalue weighted by atomic mass is 16.5. The zero-order chi connectivity index (χ0) is 24.5. The molecule has 5 aromatic rings. The van der Waals surface area contributed by atoms with Crippen LogP contribution in [0.5, 0.6) is 11.5 Å². The van der Waals surface area contributed by atoms with Crippen LogP contribution in [0, 0.1) is 11.3 Å². The number of nitrogens with one attached hydrogen (secondary N) is 1. The topological polar surface area (TPSA) is 116 Å². The Hall–Kier alpha value is -5.09. The number of nitriles is 1. The van der Waals surface area contributed by atoms with Gasteiger partial charge >= 0.3 is 5.63 Å². The second kappa shape index (κ2) is 8.69. The third-order valence-electron chi connectivity index (χ3n) is 5.79. The van der Waals surface area contributed by atoms with Gasteiger partial charge in [-0.2, -0.15) is 5.26 Å². The minimum absolute atomic E-state index is 0.0786. The quantitative estimate of drug-likeness (QED) is 0.360. The third kappa shape index (κ3) is 3.83. The molecule has 0 fully saturated rings. The summed E-state index contributed by atoms with van der Waals surface area (Å²) < 4.78 is 10.7. The summed E-state index contributed by atoms with van der Waals surface area (Å²) in [5.74, 6) is 0.436.